The first-order valence-corrected chi connectivity index (χ1v) is 11.3. The number of rotatable bonds is 11. The number of carboxylic acids is 1. The summed E-state index contributed by atoms with van der Waals surface area (Å²) in [5.74, 6) is 1.65. The lowest BCUT2D eigenvalue weighted by molar-refractivity contribution is -0.137. The maximum atomic E-state index is 11.0. The lowest BCUT2D eigenvalue weighted by Gasteiger charge is -2.15. The van der Waals surface area contributed by atoms with Gasteiger partial charge in [0.2, 0.25) is 5.90 Å². The fourth-order valence-corrected chi connectivity index (χ4v) is 3.83. The molecule has 2 aromatic carbocycles. The Bertz CT molecular complexity index is 922. The molecule has 2 atom stereocenters. The third-order valence-corrected chi connectivity index (χ3v) is 5.79. The smallest absolute Gasteiger partial charge is 0.303 e. The zero-order chi connectivity index (χ0) is 22.9. The van der Waals surface area contributed by atoms with Crippen molar-refractivity contribution in [1.82, 2.24) is 0 Å². The number of benzene rings is 2. The van der Waals surface area contributed by atoms with E-state index < -0.39 is 5.97 Å². The van der Waals surface area contributed by atoms with E-state index in [-0.39, 0.29) is 18.4 Å². The molecule has 0 heterocycles. The minimum atomic E-state index is -0.741. The fourth-order valence-electron chi connectivity index (χ4n) is 3.83. The number of nitrogens with zero attached hydrogens (tertiary/aromatic N) is 1. The van der Waals surface area contributed by atoms with Crippen molar-refractivity contribution < 1.29 is 24.1 Å². The molecule has 0 aromatic heterocycles. The predicted molar refractivity (Wildman–Crippen MR) is 125 cm³/mol. The van der Waals surface area contributed by atoms with Crippen LogP contribution in [-0.4, -0.2) is 43.3 Å². The molecule has 3 rings (SSSR count). The molecule has 1 aliphatic carbocycles. The molecule has 1 unspecified atom stereocenters. The van der Waals surface area contributed by atoms with Crippen molar-refractivity contribution in [3.8, 4) is 11.5 Å². The standard InChI is InChI=1S/C26H33NO5/c1-4-18(2)32-26(19-8-10-22(30-3)11-9-19)27-14-5-15-31-23-12-13-24-20(16-23)6-7-21(24)17-25(28)29/h8-13,16,18,21H,4-7,14-15,17H2,1-3H3,(H,28,29)/t18?,21-/m0/s1. The van der Waals surface area contributed by atoms with E-state index in [1.54, 1.807) is 7.11 Å². The highest BCUT2D eigenvalue weighted by atomic mass is 16.5. The highest BCUT2D eigenvalue weighted by molar-refractivity contribution is 5.94. The molecule has 32 heavy (non-hydrogen) atoms. The van der Waals surface area contributed by atoms with Crippen LogP contribution in [0.15, 0.2) is 47.5 Å². The number of hydrogen-bond acceptors (Lipinski definition) is 5. The van der Waals surface area contributed by atoms with Gasteiger partial charge in [-0.05, 0) is 79.6 Å². The quantitative estimate of drug-likeness (QED) is 0.295. The number of carbonyl (C=O) groups is 1. The van der Waals surface area contributed by atoms with E-state index in [9.17, 15) is 4.79 Å². The monoisotopic (exact) mass is 439 g/mol. The summed E-state index contributed by atoms with van der Waals surface area (Å²) >= 11 is 0. The minimum absolute atomic E-state index is 0.0865. The molecule has 172 valence electrons. The van der Waals surface area contributed by atoms with Crippen LogP contribution in [0.25, 0.3) is 0 Å². The molecule has 0 bridgehead atoms. The molecule has 0 radical (unpaired) electrons. The van der Waals surface area contributed by atoms with Crippen LogP contribution in [0, 0.1) is 0 Å². The van der Waals surface area contributed by atoms with Gasteiger partial charge in [-0.15, -0.1) is 0 Å². The van der Waals surface area contributed by atoms with Crippen molar-refractivity contribution in [2.75, 3.05) is 20.3 Å². The van der Waals surface area contributed by atoms with Crippen LogP contribution >= 0.6 is 0 Å². The number of fused-ring (bicyclic) bond motifs is 1. The van der Waals surface area contributed by atoms with E-state index in [2.05, 4.69) is 18.0 Å². The van der Waals surface area contributed by atoms with Crippen LogP contribution in [0.2, 0.25) is 0 Å². The van der Waals surface area contributed by atoms with Crippen molar-refractivity contribution in [2.24, 2.45) is 4.99 Å². The Balaban J connectivity index is 1.54. The third kappa shape index (κ3) is 6.49. The van der Waals surface area contributed by atoms with Gasteiger partial charge in [0.25, 0.3) is 0 Å². The lowest BCUT2D eigenvalue weighted by atomic mass is 9.98. The Morgan fingerprint density at radius 2 is 1.94 bits per heavy atom. The molecule has 1 N–H and O–H groups in total. The van der Waals surface area contributed by atoms with Crippen LogP contribution in [0.1, 0.15) is 62.1 Å². The number of carboxylic acid groups (broad SMARTS) is 1. The van der Waals surface area contributed by atoms with Crippen LogP contribution in [0.4, 0.5) is 0 Å². The molecular formula is C26H33NO5. The highest BCUT2D eigenvalue weighted by Crippen LogP contribution is 2.37. The van der Waals surface area contributed by atoms with Crippen LogP contribution in [0.3, 0.4) is 0 Å². The van der Waals surface area contributed by atoms with E-state index in [1.807, 2.05) is 43.3 Å². The number of ether oxygens (including phenoxy) is 3. The molecule has 1 aliphatic rings. The van der Waals surface area contributed by atoms with Crippen molar-refractivity contribution in [3.63, 3.8) is 0 Å². The second-order valence-electron chi connectivity index (χ2n) is 8.15. The van der Waals surface area contributed by atoms with Gasteiger partial charge in [0, 0.05) is 18.5 Å². The van der Waals surface area contributed by atoms with Gasteiger partial charge in [-0.1, -0.05) is 13.0 Å². The van der Waals surface area contributed by atoms with E-state index in [0.29, 0.717) is 19.0 Å². The first-order chi connectivity index (χ1) is 15.5. The third-order valence-electron chi connectivity index (χ3n) is 5.79. The summed E-state index contributed by atoms with van der Waals surface area (Å²) in [6, 6.07) is 13.7. The van der Waals surface area contributed by atoms with E-state index in [0.717, 1.165) is 48.3 Å². The Morgan fingerprint density at radius 3 is 2.62 bits per heavy atom. The zero-order valence-electron chi connectivity index (χ0n) is 19.2. The van der Waals surface area contributed by atoms with Gasteiger partial charge in [-0.3, -0.25) is 9.79 Å². The Morgan fingerprint density at radius 1 is 1.19 bits per heavy atom. The maximum absolute atomic E-state index is 11.0. The predicted octanol–water partition coefficient (Wildman–Crippen LogP) is 5.23. The Kier molecular flexibility index (Phi) is 8.54. The van der Waals surface area contributed by atoms with E-state index in [1.165, 1.54) is 5.56 Å². The molecular weight excluding hydrogens is 406 g/mol. The Labute approximate surface area is 190 Å². The van der Waals surface area contributed by atoms with Gasteiger partial charge in [0.05, 0.1) is 26.2 Å². The SMILES string of the molecule is CCC(C)OC(=NCCCOc1ccc2c(c1)CC[C@H]2CC(=O)O)c1ccc(OC)cc1. The van der Waals surface area contributed by atoms with Gasteiger partial charge in [-0.2, -0.15) is 0 Å². The summed E-state index contributed by atoms with van der Waals surface area (Å²) in [5.41, 5.74) is 3.28. The second-order valence-corrected chi connectivity index (χ2v) is 8.15. The lowest BCUT2D eigenvalue weighted by Crippen LogP contribution is -2.16. The highest BCUT2D eigenvalue weighted by Gasteiger charge is 2.24. The van der Waals surface area contributed by atoms with E-state index in [4.69, 9.17) is 19.3 Å². The molecule has 0 spiro atoms. The fraction of sp³-hybridized carbons (Fsp3) is 0.462. The molecule has 0 saturated heterocycles. The first-order valence-electron chi connectivity index (χ1n) is 11.3. The summed E-state index contributed by atoms with van der Waals surface area (Å²) in [6.07, 6.45) is 3.76. The van der Waals surface area contributed by atoms with Crippen molar-refractivity contribution in [3.05, 3.63) is 59.2 Å². The summed E-state index contributed by atoms with van der Waals surface area (Å²) in [5, 5.41) is 9.07. The van der Waals surface area contributed by atoms with Gasteiger partial charge in [0.1, 0.15) is 11.5 Å². The number of methoxy groups -OCH3 is 1. The minimum Gasteiger partial charge on any atom is -0.497 e. The summed E-state index contributed by atoms with van der Waals surface area (Å²) < 4.78 is 17.2. The molecule has 0 fully saturated rings. The zero-order valence-corrected chi connectivity index (χ0v) is 19.2. The second kappa shape index (κ2) is 11.6. The average Bonchev–Trinajstić information content (AvgIpc) is 3.19. The molecule has 0 saturated carbocycles. The van der Waals surface area contributed by atoms with Crippen molar-refractivity contribution in [2.45, 2.75) is 58.0 Å². The normalized spacial score (nSPS) is 16.3. The summed E-state index contributed by atoms with van der Waals surface area (Å²) in [6.45, 7) is 5.28. The van der Waals surface area contributed by atoms with E-state index >= 15 is 0 Å². The van der Waals surface area contributed by atoms with Crippen LogP contribution < -0.4 is 9.47 Å². The first kappa shape index (κ1) is 23.6. The topological polar surface area (TPSA) is 77.4 Å². The number of aliphatic carboxylic acids is 1. The summed E-state index contributed by atoms with van der Waals surface area (Å²) in [7, 11) is 1.65. The van der Waals surface area contributed by atoms with Gasteiger partial charge < -0.3 is 19.3 Å². The average molecular weight is 440 g/mol. The number of hydrogen-bond donors (Lipinski definition) is 1. The van der Waals surface area contributed by atoms with Crippen LogP contribution in [-0.2, 0) is 16.0 Å². The molecule has 0 amide bonds. The van der Waals surface area contributed by atoms with Crippen LogP contribution in [0.5, 0.6) is 11.5 Å². The molecule has 2 aromatic rings. The Hall–Kier alpha value is -3.02. The largest absolute Gasteiger partial charge is 0.497 e. The summed E-state index contributed by atoms with van der Waals surface area (Å²) in [4.78, 5) is 15.7. The van der Waals surface area contributed by atoms with Gasteiger partial charge in [-0.25, -0.2) is 0 Å². The van der Waals surface area contributed by atoms with Crippen molar-refractivity contribution >= 4 is 11.9 Å². The number of aryl methyl sites for hydroxylation is 1. The van der Waals surface area contributed by atoms with Gasteiger partial charge >= 0.3 is 5.97 Å². The molecule has 0 aliphatic heterocycles. The van der Waals surface area contributed by atoms with Gasteiger partial charge in [0.15, 0.2) is 0 Å². The molecule has 6 heteroatoms. The maximum Gasteiger partial charge on any atom is 0.303 e. The number of aliphatic imine (C=N–C) groups is 1. The molecule has 6 nitrogen and oxygen atoms in total. The van der Waals surface area contributed by atoms with Crippen molar-refractivity contribution in [1.29, 1.82) is 0 Å².